The van der Waals surface area contributed by atoms with Gasteiger partial charge in [-0.15, -0.1) is 0 Å². The maximum absolute atomic E-state index is 11.8. The van der Waals surface area contributed by atoms with Crippen LogP contribution in [0.25, 0.3) is 0 Å². The fraction of sp³-hybridized carbons (Fsp3) is 0.385. The predicted molar refractivity (Wildman–Crippen MR) is 71.4 cm³/mol. The summed E-state index contributed by atoms with van der Waals surface area (Å²) in [5, 5.41) is 13.3. The molecule has 0 heterocycles. The van der Waals surface area contributed by atoms with E-state index < -0.39 is 22.9 Å². The summed E-state index contributed by atoms with van der Waals surface area (Å²) in [6.07, 6.45) is -0.956. The molecule has 7 nitrogen and oxygen atoms in total. The summed E-state index contributed by atoms with van der Waals surface area (Å²) in [5.41, 5.74) is 0.326. The first kappa shape index (κ1) is 15.6. The number of nitro benzene ring substituents is 1. The minimum absolute atomic E-state index is 0.0402. The maximum Gasteiger partial charge on any atom is 0.339 e. The van der Waals surface area contributed by atoms with E-state index in [1.165, 1.54) is 19.1 Å². The van der Waals surface area contributed by atoms with Gasteiger partial charge >= 0.3 is 5.97 Å². The smallest absolute Gasteiger partial charge is 0.339 e. The first-order valence-electron chi connectivity index (χ1n) is 6.10. The Hall–Kier alpha value is -2.44. The Balaban J connectivity index is 2.85. The number of nitro groups is 1. The molecule has 108 valence electrons. The Bertz CT molecular complexity index is 542. The summed E-state index contributed by atoms with van der Waals surface area (Å²) in [7, 11) is 0. The van der Waals surface area contributed by atoms with Crippen molar-refractivity contribution >= 4 is 17.6 Å². The van der Waals surface area contributed by atoms with Gasteiger partial charge in [0.25, 0.3) is 11.6 Å². The molecule has 0 saturated heterocycles. The van der Waals surface area contributed by atoms with Gasteiger partial charge < -0.3 is 10.1 Å². The molecule has 1 aromatic carbocycles. The highest BCUT2D eigenvalue weighted by Crippen LogP contribution is 2.20. The molecular formula is C13H16N2O5. The molecule has 7 heteroatoms. The molecule has 0 bridgehead atoms. The van der Waals surface area contributed by atoms with Crippen LogP contribution in [0.15, 0.2) is 18.2 Å². The molecule has 0 spiro atoms. The average molecular weight is 280 g/mol. The number of benzene rings is 1. The minimum atomic E-state index is -0.956. The Morgan fingerprint density at radius 2 is 2.10 bits per heavy atom. The van der Waals surface area contributed by atoms with Crippen molar-refractivity contribution in [3.63, 3.8) is 0 Å². The quantitative estimate of drug-likeness (QED) is 0.501. The molecule has 1 atom stereocenters. The topological polar surface area (TPSA) is 98.5 Å². The summed E-state index contributed by atoms with van der Waals surface area (Å²) in [4.78, 5) is 33.5. The molecule has 1 rings (SSSR count). The predicted octanol–water partition coefficient (Wildman–Crippen LogP) is 1.58. The van der Waals surface area contributed by atoms with Crippen molar-refractivity contribution in [2.75, 3.05) is 6.54 Å². The van der Waals surface area contributed by atoms with Gasteiger partial charge in [0, 0.05) is 18.2 Å². The second-order valence-corrected chi connectivity index (χ2v) is 4.20. The van der Waals surface area contributed by atoms with E-state index in [2.05, 4.69) is 5.32 Å². The molecule has 0 unspecified atom stereocenters. The van der Waals surface area contributed by atoms with Gasteiger partial charge in [0.05, 0.1) is 10.5 Å². The van der Waals surface area contributed by atoms with Gasteiger partial charge in [0.15, 0.2) is 6.10 Å². The van der Waals surface area contributed by atoms with Crippen molar-refractivity contribution in [3.8, 4) is 0 Å². The molecule has 0 aliphatic heterocycles. The number of carbonyl (C=O) groups excluding carboxylic acids is 2. The summed E-state index contributed by atoms with van der Waals surface area (Å²) >= 11 is 0. The van der Waals surface area contributed by atoms with E-state index in [1.54, 1.807) is 13.8 Å². The fourth-order valence-electron chi connectivity index (χ4n) is 1.53. The van der Waals surface area contributed by atoms with Gasteiger partial charge in [-0.05, 0) is 26.8 Å². The molecule has 0 saturated carbocycles. The van der Waals surface area contributed by atoms with Gasteiger partial charge in [-0.3, -0.25) is 14.9 Å². The number of esters is 1. The highest BCUT2D eigenvalue weighted by atomic mass is 16.6. The van der Waals surface area contributed by atoms with Crippen molar-refractivity contribution in [2.24, 2.45) is 0 Å². The number of likely N-dealkylation sites (N-methyl/N-ethyl adjacent to an activating group) is 1. The van der Waals surface area contributed by atoms with Gasteiger partial charge in [-0.25, -0.2) is 4.79 Å². The summed E-state index contributed by atoms with van der Waals surface area (Å²) < 4.78 is 4.95. The van der Waals surface area contributed by atoms with Crippen LogP contribution in [-0.2, 0) is 9.53 Å². The first-order valence-corrected chi connectivity index (χ1v) is 6.10. The average Bonchev–Trinajstić information content (AvgIpc) is 2.38. The van der Waals surface area contributed by atoms with Crippen molar-refractivity contribution < 1.29 is 19.2 Å². The van der Waals surface area contributed by atoms with Crippen LogP contribution in [0.2, 0.25) is 0 Å². The van der Waals surface area contributed by atoms with Crippen molar-refractivity contribution in [1.82, 2.24) is 5.32 Å². The van der Waals surface area contributed by atoms with Crippen LogP contribution in [0, 0.1) is 17.0 Å². The van der Waals surface area contributed by atoms with Gasteiger partial charge in [-0.1, -0.05) is 6.07 Å². The monoisotopic (exact) mass is 280 g/mol. The zero-order valence-corrected chi connectivity index (χ0v) is 11.5. The molecule has 20 heavy (non-hydrogen) atoms. The van der Waals surface area contributed by atoms with Crippen LogP contribution in [-0.4, -0.2) is 29.4 Å². The van der Waals surface area contributed by atoms with Gasteiger partial charge in [0.1, 0.15) is 0 Å². The Morgan fingerprint density at radius 3 is 2.65 bits per heavy atom. The van der Waals surface area contributed by atoms with Crippen molar-refractivity contribution in [2.45, 2.75) is 26.9 Å². The maximum atomic E-state index is 11.8. The van der Waals surface area contributed by atoms with Crippen LogP contribution >= 0.6 is 0 Å². The number of carbonyl (C=O) groups is 2. The van der Waals surface area contributed by atoms with Crippen LogP contribution in [0.5, 0.6) is 0 Å². The third-order valence-electron chi connectivity index (χ3n) is 2.65. The van der Waals surface area contributed by atoms with E-state index in [-0.39, 0.29) is 11.3 Å². The van der Waals surface area contributed by atoms with E-state index in [0.29, 0.717) is 12.1 Å². The van der Waals surface area contributed by atoms with Crippen LogP contribution in [0.1, 0.15) is 29.8 Å². The number of amides is 1. The number of rotatable bonds is 5. The van der Waals surface area contributed by atoms with Crippen LogP contribution < -0.4 is 5.32 Å². The van der Waals surface area contributed by atoms with Crippen molar-refractivity contribution in [3.05, 3.63) is 39.4 Å². The summed E-state index contributed by atoms with van der Waals surface area (Å²) in [6, 6.07) is 4.03. The highest BCUT2D eigenvalue weighted by molar-refractivity contribution is 5.92. The molecule has 0 aromatic heterocycles. The molecule has 1 amide bonds. The number of hydrogen-bond donors (Lipinski definition) is 1. The second-order valence-electron chi connectivity index (χ2n) is 4.20. The summed E-state index contributed by atoms with van der Waals surface area (Å²) in [5.74, 6) is -1.19. The molecular weight excluding hydrogens is 264 g/mol. The Labute approximate surface area is 116 Å². The lowest BCUT2D eigenvalue weighted by atomic mass is 10.1. The van der Waals surface area contributed by atoms with Gasteiger partial charge in [-0.2, -0.15) is 0 Å². The third-order valence-corrected chi connectivity index (χ3v) is 2.65. The lowest BCUT2D eigenvalue weighted by Gasteiger charge is -2.12. The Kier molecular flexibility index (Phi) is 5.19. The second kappa shape index (κ2) is 6.65. The van der Waals surface area contributed by atoms with E-state index in [4.69, 9.17) is 4.74 Å². The molecule has 0 aliphatic rings. The lowest BCUT2D eigenvalue weighted by Crippen LogP contribution is -2.35. The molecule has 1 N–H and O–H groups in total. The number of hydrogen-bond acceptors (Lipinski definition) is 5. The third kappa shape index (κ3) is 3.78. The van der Waals surface area contributed by atoms with Crippen molar-refractivity contribution in [1.29, 1.82) is 0 Å². The number of ether oxygens (including phenoxy) is 1. The highest BCUT2D eigenvalue weighted by Gasteiger charge is 2.20. The molecule has 0 fully saturated rings. The van der Waals surface area contributed by atoms with E-state index in [1.807, 2.05) is 0 Å². The molecule has 1 aromatic rings. The summed E-state index contributed by atoms with van der Waals surface area (Å²) in [6.45, 7) is 5.18. The van der Waals surface area contributed by atoms with E-state index in [0.717, 1.165) is 6.07 Å². The Morgan fingerprint density at radius 1 is 1.45 bits per heavy atom. The van der Waals surface area contributed by atoms with Gasteiger partial charge in [0.2, 0.25) is 0 Å². The first-order chi connectivity index (χ1) is 9.36. The number of nitrogens with one attached hydrogen (secondary N) is 1. The minimum Gasteiger partial charge on any atom is -0.449 e. The largest absolute Gasteiger partial charge is 0.449 e. The van der Waals surface area contributed by atoms with E-state index in [9.17, 15) is 19.7 Å². The molecule has 0 radical (unpaired) electrons. The lowest BCUT2D eigenvalue weighted by molar-refractivity contribution is -0.385. The zero-order chi connectivity index (χ0) is 15.3. The molecule has 0 aliphatic carbocycles. The van der Waals surface area contributed by atoms with E-state index >= 15 is 0 Å². The standard InChI is InChI=1S/C13H16N2O5/c1-4-14-12(16)9(3)20-13(17)10-6-5-8(2)11(7-10)15(18)19/h5-7,9H,4H2,1-3H3,(H,14,16)/t9-/m0/s1. The van der Waals surface area contributed by atoms with Crippen LogP contribution in [0.4, 0.5) is 5.69 Å². The number of aryl methyl sites for hydroxylation is 1. The number of nitrogens with zero attached hydrogens (tertiary/aromatic N) is 1. The SMILES string of the molecule is CCNC(=O)[C@H](C)OC(=O)c1ccc(C)c([N+](=O)[O-])c1. The zero-order valence-electron chi connectivity index (χ0n) is 11.5. The fourth-order valence-corrected chi connectivity index (χ4v) is 1.53. The normalized spacial score (nSPS) is 11.6. The van der Waals surface area contributed by atoms with Crippen LogP contribution in [0.3, 0.4) is 0 Å².